The molecule has 0 aliphatic heterocycles. The zero-order valence-corrected chi connectivity index (χ0v) is 7.85. The Morgan fingerprint density at radius 1 is 1.54 bits per heavy atom. The van der Waals surface area contributed by atoms with Crippen molar-refractivity contribution in [2.24, 2.45) is 0 Å². The van der Waals surface area contributed by atoms with Gasteiger partial charge in [-0.2, -0.15) is 0 Å². The monoisotopic (exact) mass is 195 g/mol. The minimum Gasteiger partial charge on any atom is -0.466 e. The molecule has 0 aromatic heterocycles. The van der Waals surface area contributed by atoms with Gasteiger partial charge in [0.05, 0.1) is 19.1 Å². The standard InChI is InChI=1S/C8H15F2NO2/c1-3-13-7(12)4-5-11-6(2)8(9)10/h6,8,11H,3-5H2,1-2H3. The van der Waals surface area contributed by atoms with Crippen LogP contribution in [0.15, 0.2) is 0 Å². The topological polar surface area (TPSA) is 38.3 Å². The number of hydrogen-bond donors (Lipinski definition) is 1. The molecular formula is C8H15F2NO2. The Hall–Kier alpha value is -0.710. The number of hydrogen-bond acceptors (Lipinski definition) is 3. The van der Waals surface area contributed by atoms with Crippen LogP contribution in [0.4, 0.5) is 8.78 Å². The van der Waals surface area contributed by atoms with Gasteiger partial charge in [-0.15, -0.1) is 0 Å². The van der Waals surface area contributed by atoms with Gasteiger partial charge in [-0.3, -0.25) is 4.79 Å². The van der Waals surface area contributed by atoms with Gasteiger partial charge in [-0.05, 0) is 13.8 Å². The minimum absolute atomic E-state index is 0.130. The molecule has 0 fully saturated rings. The summed E-state index contributed by atoms with van der Waals surface area (Å²) in [5, 5.41) is 2.52. The predicted molar refractivity (Wildman–Crippen MR) is 44.7 cm³/mol. The van der Waals surface area contributed by atoms with Gasteiger partial charge < -0.3 is 10.1 Å². The van der Waals surface area contributed by atoms with E-state index in [9.17, 15) is 13.6 Å². The highest BCUT2D eigenvalue weighted by atomic mass is 19.3. The summed E-state index contributed by atoms with van der Waals surface area (Å²) in [6, 6.07) is -0.880. The highest BCUT2D eigenvalue weighted by molar-refractivity contribution is 5.69. The molecule has 78 valence electrons. The van der Waals surface area contributed by atoms with E-state index in [-0.39, 0.29) is 18.9 Å². The molecule has 1 atom stereocenters. The van der Waals surface area contributed by atoms with Crippen LogP contribution in [-0.4, -0.2) is 31.6 Å². The second-order valence-electron chi connectivity index (χ2n) is 2.63. The highest BCUT2D eigenvalue weighted by Crippen LogP contribution is 1.98. The van der Waals surface area contributed by atoms with E-state index in [0.717, 1.165) is 0 Å². The van der Waals surface area contributed by atoms with Crippen LogP contribution >= 0.6 is 0 Å². The number of nitrogens with one attached hydrogen (secondary N) is 1. The number of halogens is 2. The second-order valence-corrected chi connectivity index (χ2v) is 2.63. The molecular weight excluding hydrogens is 180 g/mol. The Labute approximate surface area is 76.4 Å². The Morgan fingerprint density at radius 2 is 2.15 bits per heavy atom. The summed E-state index contributed by atoms with van der Waals surface area (Å²) in [5.41, 5.74) is 0. The lowest BCUT2D eigenvalue weighted by Gasteiger charge is -2.11. The Kier molecular flexibility index (Phi) is 6.40. The quantitative estimate of drug-likeness (QED) is 0.647. The molecule has 5 heteroatoms. The van der Waals surface area contributed by atoms with Crippen molar-refractivity contribution < 1.29 is 18.3 Å². The third-order valence-electron chi connectivity index (χ3n) is 1.48. The van der Waals surface area contributed by atoms with E-state index in [0.29, 0.717) is 6.61 Å². The first kappa shape index (κ1) is 12.3. The summed E-state index contributed by atoms with van der Waals surface area (Å²) in [6.45, 7) is 3.62. The molecule has 0 aliphatic rings. The van der Waals surface area contributed by atoms with Crippen LogP contribution in [0.5, 0.6) is 0 Å². The summed E-state index contributed by atoms with van der Waals surface area (Å²) in [5.74, 6) is -0.364. The number of carbonyl (C=O) groups is 1. The average Bonchev–Trinajstić information content (AvgIpc) is 2.04. The molecule has 13 heavy (non-hydrogen) atoms. The van der Waals surface area contributed by atoms with Crippen molar-refractivity contribution in [3.63, 3.8) is 0 Å². The van der Waals surface area contributed by atoms with Crippen LogP contribution in [-0.2, 0) is 9.53 Å². The van der Waals surface area contributed by atoms with Crippen molar-refractivity contribution >= 4 is 5.97 Å². The molecule has 3 nitrogen and oxygen atoms in total. The number of esters is 1. The molecule has 0 aliphatic carbocycles. The summed E-state index contributed by atoms with van der Waals surface area (Å²) in [7, 11) is 0. The van der Waals surface area contributed by atoms with Crippen LogP contribution in [0, 0.1) is 0 Å². The number of rotatable bonds is 6. The largest absolute Gasteiger partial charge is 0.466 e. The molecule has 0 saturated carbocycles. The smallest absolute Gasteiger partial charge is 0.307 e. The summed E-state index contributed by atoms with van der Waals surface area (Å²) in [4.78, 5) is 10.7. The van der Waals surface area contributed by atoms with Crippen molar-refractivity contribution in [1.29, 1.82) is 0 Å². The summed E-state index contributed by atoms with van der Waals surface area (Å²) in [6.07, 6.45) is -2.27. The fourth-order valence-electron chi connectivity index (χ4n) is 0.724. The van der Waals surface area contributed by atoms with Gasteiger partial charge in [-0.25, -0.2) is 8.78 Å². The van der Waals surface area contributed by atoms with Gasteiger partial charge in [0.15, 0.2) is 0 Å². The zero-order valence-electron chi connectivity index (χ0n) is 7.85. The zero-order chi connectivity index (χ0) is 10.3. The van der Waals surface area contributed by atoms with E-state index in [1.54, 1.807) is 6.92 Å². The van der Waals surface area contributed by atoms with Gasteiger partial charge in [0.25, 0.3) is 6.43 Å². The molecule has 1 unspecified atom stereocenters. The van der Waals surface area contributed by atoms with E-state index in [4.69, 9.17) is 0 Å². The lowest BCUT2D eigenvalue weighted by Crippen LogP contribution is -2.34. The first-order valence-electron chi connectivity index (χ1n) is 4.25. The fourth-order valence-corrected chi connectivity index (χ4v) is 0.724. The molecule has 0 spiro atoms. The van der Waals surface area contributed by atoms with Gasteiger partial charge in [0, 0.05) is 6.54 Å². The van der Waals surface area contributed by atoms with Crippen LogP contribution in [0.25, 0.3) is 0 Å². The molecule has 0 aromatic rings. The van der Waals surface area contributed by atoms with Crippen LogP contribution < -0.4 is 5.32 Å². The lowest BCUT2D eigenvalue weighted by atomic mass is 10.3. The van der Waals surface area contributed by atoms with Crippen LogP contribution in [0.1, 0.15) is 20.3 Å². The summed E-state index contributed by atoms with van der Waals surface area (Å²) >= 11 is 0. The molecule has 0 aromatic carbocycles. The first-order valence-corrected chi connectivity index (χ1v) is 4.25. The predicted octanol–water partition coefficient (Wildman–Crippen LogP) is 1.18. The van der Waals surface area contributed by atoms with Crippen molar-refractivity contribution in [2.45, 2.75) is 32.7 Å². The van der Waals surface area contributed by atoms with Crippen molar-refractivity contribution in [3.8, 4) is 0 Å². The molecule has 0 bridgehead atoms. The maximum Gasteiger partial charge on any atom is 0.307 e. The molecule has 0 amide bonds. The Morgan fingerprint density at radius 3 is 2.62 bits per heavy atom. The van der Waals surface area contributed by atoms with Crippen molar-refractivity contribution in [2.75, 3.05) is 13.2 Å². The number of carbonyl (C=O) groups excluding carboxylic acids is 1. The van der Waals surface area contributed by atoms with Gasteiger partial charge in [-0.1, -0.05) is 0 Å². The molecule has 0 rings (SSSR count). The van der Waals surface area contributed by atoms with Gasteiger partial charge in [0.2, 0.25) is 0 Å². The van der Waals surface area contributed by atoms with E-state index in [2.05, 4.69) is 10.1 Å². The molecule has 0 radical (unpaired) electrons. The Balaban J connectivity index is 3.39. The first-order chi connectivity index (χ1) is 6.07. The molecule has 0 heterocycles. The normalized spacial score (nSPS) is 13.0. The Bertz CT molecular complexity index is 153. The maximum atomic E-state index is 11.9. The third kappa shape index (κ3) is 6.45. The van der Waals surface area contributed by atoms with E-state index in [1.165, 1.54) is 6.92 Å². The molecule has 1 N–H and O–H groups in total. The number of ether oxygens (including phenoxy) is 1. The maximum absolute atomic E-state index is 11.9. The average molecular weight is 195 g/mol. The lowest BCUT2D eigenvalue weighted by molar-refractivity contribution is -0.143. The van der Waals surface area contributed by atoms with E-state index in [1.807, 2.05) is 0 Å². The van der Waals surface area contributed by atoms with Gasteiger partial charge in [0.1, 0.15) is 0 Å². The highest BCUT2D eigenvalue weighted by Gasteiger charge is 2.13. The third-order valence-corrected chi connectivity index (χ3v) is 1.48. The number of alkyl halides is 2. The second kappa shape index (κ2) is 6.77. The molecule has 0 saturated heterocycles. The van der Waals surface area contributed by atoms with E-state index >= 15 is 0 Å². The van der Waals surface area contributed by atoms with Crippen LogP contribution in [0.2, 0.25) is 0 Å². The fraction of sp³-hybridized carbons (Fsp3) is 0.875. The van der Waals surface area contributed by atoms with E-state index < -0.39 is 12.5 Å². The summed E-state index contributed by atoms with van der Waals surface area (Å²) < 4.78 is 28.5. The SMILES string of the molecule is CCOC(=O)CCNC(C)C(F)F. The van der Waals surface area contributed by atoms with Crippen LogP contribution in [0.3, 0.4) is 0 Å². The van der Waals surface area contributed by atoms with Gasteiger partial charge >= 0.3 is 5.97 Å². The minimum atomic E-state index is -2.40. The van der Waals surface area contributed by atoms with Crippen molar-refractivity contribution in [3.05, 3.63) is 0 Å². The van der Waals surface area contributed by atoms with Crippen molar-refractivity contribution in [1.82, 2.24) is 5.32 Å².